The monoisotopic (exact) mass is 344 g/mol. The van der Waals surface area contributed by atoms with Crippen molar-refractivity contribution >= 4 is 16.6 Å². The molecule has 1 aliphatic heterocycles. The van der Waals surface area contributed by atoms with Gasteiger partial charge in [0.25, 0.3) is 0 Å². The highest BCUT2D eigenvalue weighted by atomic mass is 16.3. The number of aromatic amines is 1. The van der Waals surface area contributed by atoms with E-state index in [-0.39, 0.29) is 17.4 Å². The molecule has 0 amide bonds. The lowest BCUT2D eigenvalue weighted by atomic mass is 9.98. The van der Waals surface area contributed by atoms with Crippen LogP contribution in [-0.4, -0.2) is 32.6 Å². The van der Waals surface area contributed by atoms with Crippen molar-refractivity contribution in [3.05, 3.63) is 71.2 Å². The lowest BCUT2D eigenvalue weighted by molar-refractivity contribution is 0.173. The van der Waals surface area contributed by atoms with Crippen LogP contribution in [0, 0.1) is 11.3 Å². The van der Waals surface area contributed by atoms with E-state index in [4.69, 9.17) is 0 Å². The van der Waals surface area contributed by atoms with E-state index in [2.05, 4.69) is 39.1 Å². The maximum absolute atomic E-state index is 10.8. The minimum atomic E-state index is -0.258. The summed E-state index contributed by atoms with van der Waals surface area (Å²) < 4.78 is 0. The van der Waals surface area contributed by atoms with Gasteiger partial charge in [-0.15, -0.1) is 0 Å². The third-order valence-corrected chi connectivity index (χ3v) is 5.10. The fourth-order valence-corrected chi connectivity index (χ4v) is 3.53. The molecule has 0 radical (unpaired) electrons. The van der Waals surface area contributed by atoms with Crippen LogP contribution in [0.3, 0.4) is 0 Å². The Kier molecular flexibility index (Phi) is 4.19. The van der Waals surface area contributed by atoms with E-state index in [0.29, 0.717) is 5.82 Å². The third-order valence-electron chi connectivity index (χ3n) is 5.10. The summed E-state index contributed by atoms with van der Waals surface area (Å²) in [6.45, 7) is 3.55. The molecular weight excluding hydrogens is 324 g/mol. The van der Waals surface area contributed by atoms with Gasteiger partial charge < -0.3 is 10.1 Å². The van der Waals surface area contributed by atoms with Crippen LogP contribution >= 0.6 is 0 Å². The van der Waals surface area contributed by atoms with Crippen molar-refractivity contribution in [3.63, 3.8) is 0 Å². The highest BCUT2D eigenvalue weighted by Crippen LogP contribution is 2.26. The number of benzene rings is 2. The third kappa shape index (κ3) is 2.85. The molecule has 5 heteroatoms. The number of aliphatic hydroxyl groups excluding tert-OH is 1. The van der Waals surface area contributed by atoms with E-state index in [1.807, 2.05) is 37.3 Å². The Bertz CT molecular complexity index is 995. The zero-order chi connectivity index (χ0) is 18.1. The first-order valence-corrected chi connectivity index (χ1v) is 8.76. The molecule has 0 saturated heterocycles. The van der Waals surface area contributed by atoms with Crippen molar-refractivity contribution in [1.29, 1.82) is 5.26 Å². The average Bonchev–Trinajstić information content (AvgIpc) is 3.11. The second-order valence-corrected chi connectivity index (χ2v) is 6.64. The number of fused-ring (bicyclic) bond motifs is 2. The smallest absolute Gasteiger partial charge is 0.152 e. The molecule has 2 aromatic carbocycles. The number of hydrogen-bond acceptors (Lipinski definition) is 4. The Hall–Kier alpha value is -3.10. The number of nitrogens with zero attached hydrogens (tertiary/aromatic N) is 3. The summed E-state index contributed by atoms with van der Waals surface area (Å²) in [4.78, 5) is 9.78. The number of nitrogens with one attached hydrogen (secondary N) is 1. The Labute approximate surface area is 152 Å². The predicted octanol–water partition coefficient (Wildman–Crippen LogP) is 3.80. The van der Waals surface area contributed by atoms with E-state index in [9.17, 15) is 10.4 Å². The van der Waals surface area contributed by atoms with E-state index in [1.54, 1.807) is 0 Å². The predicted molar refractivity (Wildman–Crippen MR) is 101 cm³/mol. The first-order valence-electron chi connectivity index (χ1n) is 8.76. The molecule has 5 nitrogen and oxygen atoms in total. The van der Waals surface area contributed by atoms with Gasteiger partial charge >= 0.3 is 0 Å². The lowest BCUT2D eigenvalue weighted by Gasteiger charge is -2.33. The van der Waals surface area contributed by atoms with E-state index < -0.39 is 0 Å². The molecule has 0 bridgehead atoms. The molecule has 130 valence electrons. The molecule has 1 atom stereocenters. The van der Waals surface area contributed by atoms with Crippen molar-refractivity contribution in [2.45, 2.75) is 25.9 Å². The van der Waals surface area contributed by atoms with Gasteiger partial charge in [0, 0.05) is 13.1 Å². The molecule has 1 aromatic heterocycles. The molecule has 0 saturated carbocycles. The molecular formula is C21H20N4O. The summed E-state index contributed by atoms with van der Waals surface area (Å²) in [7, 11) is 0. The normalized spacial score (nSPS) is 16.6. The van der Waals surface area contributed by atoms with Crippen LogP contribution < -0.4 is 0 Å². The fraction of sp³-hybridized carbons (Fsp3) is 0.238. The number of aliphatic hydroxyl groups is 1. The summed E-state index contributed by atoms with van der Waals surface area (Å²) in [5, 5.41) is 20.4. The summed E-state index contributed by atoms with van der Waals surface area (Å²) in [5.74, 6) is 0.474. The highest BCUT2D eigenvalue weighted by molar-refractivity contribution is 5.83. The van der Waals surface area contributed by atoms with Crippen LogP contribution in [0.25, 0.3) is 16.6 Å². The minimum absolute atomic E-state index is 0.0611. The number of para-hydroxylation sites is 2. The maximum atomic E-state index is 10.8. The van der Waals surface area contributed by atoms with Gasteiger partial charge in [0.1, 0.15) is 17.4 Å². The number of rotatable bonds is 3. The number of allylic oxidation sites excluding steroid dienone is 1. The highest BCUT2D eigenvalue weighted by Gasteiger charge is 2.26. The average molecular weight is 344 g/mol. The van der Waals surface area contributed by atoms with Crippen molar-refractivity contribution in [2.75, 3.05) is 6.54 Å². The van der Waals surface area contributed by atoms with Gasteiger partial charge in [-0.1, -0.05) is 36.4 Å². The standard InChI is InChI=1S/C21H20N4O/c1-14(25-11-10-15-6-2-3-7-16(15)13-25)20(26)17(12-22)21-23-18-8-4-5-9-19(18)24-21/h2-9,14,26H,10-11,13H2,1H3,(H,23,24)/b20-17-/t14-/m1/s1. The lowest BCUT2D eigenvalue weighted by Crippen LogP contribution is -2.39. The quantitative estimate of drug-likeness (QED) is 0.560. The van der Waals surface area contributed by atoms with Crippen molar-refractivity contribution in [3.8, 4) is 6.07 Å². The maximum Gasteiger partial charge on any atom is 0.152 e. The van der Waals surface area contributed by atoms with E-state index in [1.165, 1.54) is 11.1 Å². The Balaban J connectivity index is 1.65. The van der Waals surface area contributed by atoms with Crippen LogP contribution in [0.15, 0.2) is 54.3 Å². The number of nitriles is 1. The van der Waals surface area contributed by atoms with Gasteiger partial charge in [0.15, 0.2) is 5.82 Å². The van der Waals surface area contributed by atoms with E-state index in [0.717, 1.165) is 30.5 Å². The van der Waals surface area contributed by atoms with Gasteiger partial charge in [-0.25, -0.2) is 4.98 Å². The minimum Gasteiger partial charge on any atom is -0.509 e. The topological polar surface area (TPSA) is 75.9 Å². The van der Waals surface area contributed by atoms with Gasteiger partial charge in [-0.3, -0.25) is 4.90 Å². The van der Waals surface area contributed by atoms with Gasteiger partial charge in [0.05, 0.1) is 17.1 Å². The second kappa shape index (κ2) is 6.66. The van der Waals surface area contributed by atoms with Crippen molar-refractivity contribution in [1.82, 2.24) is 14.9 Å². The second-order valence-electron chi connectivity index (χ2n) is 6.64. The number of aromatic nitrogens is 2. The molecule has 2 heterocycles. The van der Waals surface area contributed by atoms with Crippen molar-refractivity contribution in [2.24, 2.45) is 0 Å². The Morgan fingerprint density at radius 1 is 1.19 bits per heavy atom. The van der Waals surface area contributed by atoms with Crippen LogP contribution in [0.5, 0.6) is 0 Å². The number of H-pyrrole nitrogens is 1. The van der Waals surface area contributed by atoms with Crippen LogP contribution in [0.1, 0.15) is 23.9 Å². The zero-order valence-corrected chi connectivity index (χ0v) is 14.6. The van der Waals surface area contributed by atoms with Crippen LogP contribution in [-0.2, 0) is 13.0 Å². The first-order chi connectivity index (χ1) is 12.7. The molecule has 4 rings (SSSR count). The fourth-order valence-electron chi connectivity index (χ4n) is 3.53. The summed E-state index contributed by atoms with van der Waals surface area (Å²) in [6, 6.07) is 17.8. The van der Waals surface area contributed by atoms with Gasteiger partial charge in [-0.05, 0) is 36.6 Å². The molecule has 1 aliphatic rings. The Morgan fingerprint density at radius 3 is 2.69 bits per heavy atom. The molecule has 2 N–H and O–H groups in total. The first kappa shape index (κ1) is 16.4. The van der Waals surface area contributed by atoms with Crippen LogP contribution in [0.2, 0.25) is 0 Å². The number of imidazole rings is 1. The SMILES string of the molecule is C[C@H](/C(O)=C(\C#N)c1nc2ccccc2[nH]1)N1CCc2ccccc2C1. The summed E-state index contributed by atoms with van der Waals surface area (Å²) in [5.41, 5.74) is 4.47. The summed E-state index contributed by atoms with van der Waals surface area (Å²) in [6.07, 6.45) is 0.945. The molecule has 3 aromatic rings. The van der Waals surface area contributed by atoms with Crippen LogP contribution in [0.4, 0.5) is 0 Å². The molecule has 26 heavy (non-hydrogen) atoms. The largest absolute Gasteiger partial charge is 0.509 e. The Morgan fingerprint density at radius 2 is 1.92 bits per heavy atom. The molecule has 0 spiro atoms. The van der Waals surface area contributed by atoms with Gasteiger partial charge in [0.2, 0.25) is 0 Å². The van der Waals surface area contributed by atoms with Crippen molar-refractivity contribution < 1.29 is 5.11 Å². The summed E-state index contributed by atoms with van der Waals surface area (Å²) >= 11 is 0. The molecule has 0 fully saturated rings. The number of hydrogen-bond donors (Lipinski definition) is 2. The van der Waals surface area contributed by atoms with Gasteiger partial charge in [-0.2, -0.15) is 5.26 Å². The molecule has 0 unspecified atom stereocenters. The zero-order valence-electron chi connectivity index (χ0n) is 14.6. The molecule has 0 aliphatic carbocycles. The van der Waals surface area contributed by atoms with E-state index >= 15 is 0 Å².